The Morgan fingerprint density at radius 3 is 2.42 bits per heavy atom. The minimum absolute atomic E-state index is 0. The van der Waals surface area contributed by atoms with Crippen molar-refractivity contribution in [3.05, 3.63) is 89.5 Å². The number of hydrogen-bond acceptors (Lipinski definition) is 3. The van der Waals surface area contributed by atoms with Gasteiger partial charge >= 0.3 is 6.36 Å². The molecule has 33 heavy (non-hydrogen) atoms. The number of allylic oxidation sites excluding steroid dienone is 1. The van der Waals surface area contributed by atoms with Crippen LogP contribution in [0.5, 0.6) is 5.75 Å². The van der Waals surface area contributed by atoms with Crippen molar-refractivity contribution >= 4 is 36.6 Å². The van der Waals surface area contributed by atoms with E-state index in [0.717, 1.165) is 36.2 Å². The van der Waals surface area contributed by atoms with E-state index < -0.39 is 17.9 Å². The highest BCUT2D eigenvalue weighted by Gasteiger charge is 2.31. The number of pyridine rings is 1. The van der Waals surface area contributed by atoms with Gasteiger partial charge in [-0.05, 0) is 65.9 Å². The molecule has 1 aromatic heterocycles. The molecule has 0 saturated heterocycles. The van der Waals surface area contributed by atoms with Crippen LogP contribution < -0.4 is 4.74 Å². The van der Waals surface area contributed by atoms with E-state index in [1.54, 1.807) is 24.5 Å². The number of benzene rings is 2. The molecule has 9 heteroatoms. The maximum absolute atomic E-state index is 14.8. The Hall–Kier alpha value is -2.90. The summed E-state index contributed by atoms with van der Waals surface area (Å²) in [5.74, 6) is -0.927. The van der Waals surface area contributed by atoms with Crippen LogP contribution in [0.1, 0.15) is 24.0 Å². The third-order valence-electron chi connectivity index (χ3n) is 4.83. The summed E-state index contributed by atoms with van der Waals surface area (Å²) in [4.78, 5) is 8.75. The minimum atomic E-state index is -4.80. The molecule has 0 radical (unpaired) electrons. The average Bonchev–Trinajstić information content (AvgIpc) is 2.74. The van der Waals surface area contributed by atoms with E-state index in [1.807, 2.05) is 18.2 Å². The summed E-state index contributed by atoms with van der Waals surface area (Å²) in [6.45, 7) is 0.727. The monoisotopic (exact) mass is 498 g/mol. The first-order valence-electron chi connectivity index (χ1n) is 9.70. The van der Waals surface area contributed by atoms with E-state index in [-0.39, 0.29) is 30.4 Å². The topological polar surface area (TPSA) is 34.5 Å². The molecule has 0 fully saturated rings. The van der Waals surface area contributed by atoms with Crippen molar-refractivity contribution in [1.82, 2.24) is 4.98 Å². The van der Waals surface area contributed by atoms with E-state index in [2.05, 4.69) is 14.7 Å². The number of aromatic nitrogens is 1. The predicted molar refractivity (Wildman–Crippen MR) is 126 cm³/mol. The second-order valence-electron chi connectivity index (χ2n) is 7.06. The number of nitrogens with zero attached hydrogens (tertiary/aromatic N) is 2. The summed E-state index contributed by atoms with van der Waals surface area (Å²) in [5, 5.41) is 0. The Bertz CT molecular complexity index is 1150. The zero-order valence-corrected chi connectivity index (χ0v) is 18.8. The predicted octanol–water partition coefficient (Wildman–Crippen LogP) is 7.30. The van der Waals surface area contributed by atoms with Crippen LogP contribution in [0.15, 0.2) is 77.6 Å². The molecular formula is C24H20Cl2F4N2O. The average molecular weight is 499 g/mol. The fourth-order valence-corrected chi connectivity index (χ4v) is 3.52. The fourth-order valence-electron chi connectivity index (χ4n) is 3.52. The van der Waals surface area contributed by atoms with Gasteiger partial charge in [0, 0.05) is 30.1 Å². The van der Waals surface area contributed by atoms with E-state index in [4.69, 9.17) is 0 Å². The molecule has 3 nitrogen and oxygen atoms in total. The lowest BCUT2D eigenvalue weighted by Crippen LogP contribution is -2.17. The minimum Gasteiger partial charge on any atom is -0.406 e. The van der Waals surface area contributed by atoms with Gasteiger partial charge in [0.2, 0.25) is 0 Å². The maximum atomic E-state index is 14.8. The van der Waals surface area contributed by atoms with E-state index in [1.165, 1.54) is 30.3 Å². The molecule has 0 atom stereocenters. The maximum Gasteiger partial charge on any atom is 0.573 e. The van der Waals surface area contributed by atoms with Crippen molar-refractivity contribution in [3.63, 3.8) is 0 Å². The van der Waals surface area contributed by atoms with Crippen LogP contribution in [0.4, 0.5) is 17.6 Å². The normalized spacial score (nSPS) is 14.7. The zero-order chi connectivity index (χ0) is 21.8. The molecular weight excluding hydrogens is 479 g/mol. The first-order valence-corrected chi connectivity index (χ1v) is 9.70. The SMILES string of the molecule is Cl.Cl.Fc1cc(C=C2CCCN=C2c2cccnc2)ccc1-c1cccc(OC(F)(F)F)c1. The van der Waals surface area contributed by atoms with E-state index in [9.17, 15) is 17.6 Å². The summed E-state index contributed by atoms with van der Waals surface area (Å²) in [6, 6.07) is 13.7. The number of halogens is 6. The van der Waals surface area contributed by atoms with Crippen molar-refractivity contribution in [2.45, 2.75) is 19.2 Å². The molecule has 174 valence electrons. The number of aliphatic imine (C=N–C) groups is 1. The summed E-state index contributed by atoms with van der Waals surface area (Å²) in [7, 11) is 0. The molecule has 2 heterocycles. The van der Waals surface area contributed by atoms with Gasteiger partial charge < -0.3 is 4.74 Å². The number of ether oxygens (including phenoxy) is 1. The molecule has 0 amide bonds. The third-order valence-corrected chi connectivity index (χ3v) is 4.83. The molecule has 0 saturated carbocycles. The summed E-state index contributed by atoms with van der Waals surface area (Å²) >= 11 is 0. The molecule has 4 rings (SSSR count). The van der Waals surface area contributed by atoms with Gasteiger partial charge in [-0.25, -0.2) is 4.39 Å². The number of alkyl halides is 3. The van der Waals surface area contributed by atoms with Crippen molar-refractivity contribution in [1.29, 1.82) is 0 Å². The second kappa shape index (κ2) is 11.3. The van der Waals surface area contributed by atoms with Gasteiger partial charge in [0.15, 0.2) is 0 Å². The molecule has 0 unspecified atom stereocenters. The van der Waals surface area contributed by atoms with Gasteiger partial charge in [0.1, 0.15) is 11.6 Å². The Kier molecular flexibility index (Phi) is 9.02. The van der Waals surface area contributed by atoms with Gasteiger partial charge in [0.25, 0.3) is 0 Å². The molecule has 0 spiro atoms. The molecule has 0 N–H and O–H groups in total. The Morgan fingerprint density at radius 1 is 0.939 bits per heavy atom. The smallest absolute Gasteiger partial charge is 0.406 e. The first-order chi connectivity index (χ1) is 14.9. The standard InChI is InChI=1S/C24H18F4N2O.2ClH/c25-22-13-16(12-18-5-3-11-30-23(18)19-6-2-10-29-15-19)8-9-21(22)17-4-1-7-20(14-17)31-24(26,27)28;;/h1-2,4,6-10,12-15H,3,5,11H2;2*1H. The zero-order valence-electron chi connectivity index (χ0n) is 17.2. The molecule has 0 aliphatic carbocycles. The highest BCUT2D eigenvalue weighted by molar-refractivity contribution is 6.15. The van der Waals surface area contributed by atoms with E-state index in [0.29, 0.717) is 11.1 Å². The number of hydrogen-bond donors (Lipinski definition) is 0. The molecule has 3 aromatic rings. The van der Waals surface area contributed by atoms with Crippen molar-refractivity contribution in [2.24, 2.45) is 4.99 Å². The highest BCUT2D eigenvalue weighted by atomic mass is 35.5. The third kappa shape index (κ3) is 6.79. The summed E-state index contributed by atoms with van der Waals surface area (Å²) in [6.07, 6.45) is 2.24. The fraction of sp³-hybridized carbons (Fsp3) is 0.167. The van der Waals surface area contributed by atoms with Crippen LogP contribution in [-0.4, -0.2) is 23.6 Å². The van der Waals surface area contributed by atoms with Crippen LogP contribution in [0.25, 0.3) is 17.2 Å². The quantitative estimate of drug-likeness (QED) is 0.353. The van der Waals surface area contributed by atoms with Crippen LogP contribution in [0.2, 0.25) is 0 Å². The van der Waals surface area contributed by atoms with Crippen LogP contribution in [0, 0.1) is 5.82 Å². The van der Waals surface area contributed by atoms with Gasteiger partial charge in [-0.15, -0.1) is 38.0 Å². The number of rotatable bonds is 4. The highest BCUT2D eigenvalue weighted by Crippen LogP contribution is 2.30. The van der Waals surface area contributed by atoms with Gasteiger partial charge in [0.05, 0.1) is 5.71 Å². The van der Waals surface area contributed by atoms with Crippen LogP contribution in [-0.2, 0) is 0 Å². The van der Waals surface area contributed by atoms with Gasteiger partial charge in [-0.3, -0.25) is 9.98 Å². The van der Waals surface area contributed by atoms with E-state index >= 15 is 0 Å². The van der Waals surface area contributed by atoms with Crippen molar-refractivity contribution < 1.29 is 22.3 Å². The Balaban J connectivity index is 0.00000193. The lowest BCUT2D eigenvalue weighted by atomic mass is 9.94. The first kappa shape index (κ1) is 26.4. The summed E-state index contributed by atoms with van der Waals surface area (Å²) < 4.78 is 56.2. The van der Waals surface area contributed by atoms with Crippen LogP contribution in [0.3, 0.4) is 0 Å². The second-order valence-corrected chi connectivity index (χ2v) is 7.06. The van der Waals surface area contributed by atoms with Crippen LogP contribution >= 0.6 is 24.8 Å². The molecule has 1 aliphatic rings. The van der Waals surface area contributed by atoms with Gasteiger partial charge in [-0.1, -0.05) is 24.3 Å². The van der Waals surface area contributed by atoms with Crippen molar-refractivity contribution in [2.75, 3.05) is 6.54 Å². The largest absolute Gasteiger partial charge is 0.573 e. The summed E-state index contributed by atoms with van der Waals surface area (Å²) in [5.41, 5.74) is 3.89. The molecule has 2 aromatic carbocycles. The lowest BCUT2D eigenvalue weighted by molar-refractivity contribution is -0.274. The Morgan fingerprint density at radius 2 is 1.73 bits per heavy atom. The lowest BCUT2D eigenvalue weighted by Gasteiger charge is -2.16. The Labute approximate surface area is 201 Å². The van der Waals surface area contributed by atoms with Gasteiger partial charge in [-0.2, -0.15) is 0 Å². The molecule has 1 aliphatic heterocycles. The van der Waals surface area contributed by atoms with Crippen molar-refractivity contribution in [3.8, 4) is 16.9 Å². The molecule has 0 bridgehead atoms.